The van der Waals surface area contributed by atoms with Gasteiger partial charge in [0.25, 0.3) is 0 Å². The molecular formula is C13H26F3N. The van der Waals surface area contributed by atoms with Gasteiger partial charge in [0.1, 0.15) is 0 Å². The Morgan fingerprint density at radius 2 is 1.82 bits per heavy atom. The third kappa shape index (κ3) is 10.6. The maximum atomic E-state index is 11.9. The zero-order chi connectivity index (χ0) is 13.3. The van der Waals surface area contributed by atoms with E-state index in [1.54, 1.807) is 0 Å². The first-order valence-corrected chi connectivity index (χ1v) is 6.66. The van der Waals surface area contributed by atoms with Crippen molar-refractivity contribution >= 4 is 0 Å². The van der Waals surface area contributed by atoms with Crippen LogP contribution in [-0.2, 0) is 0 Å². The van der Waals surface area contributed by atoms with Crippen molar-refractivity contribution in [3.05, 3.63) is 0 Å². The Labute approximate surface area is 103 Å². The molecule has 0 amide bonds. The summed E-state index contributed by atoms with van der Waals surface area (Å²) in [5.74, 6) is 0.983. The van der Waals surface area contributed by atoms with Gasteiger partial charge in [-0.3, -0.25) is 0 Å². The van der Waals surface area contributed by atoms with Gasteiger partial charge in [-0.05, 0) is 24.8 Å². The first-order valence-electron chi connectivity index (χ1n) is 6.66. The second-order valence-electron chi connectivity index (χ2n) is 5.00. The van der Waals surface area contributed by atoms with E-state index in [-0.39, 0.29) is 0 Å². The minimum Gasteiger partial charge on any atom is -0.308 e. The summed E-state index contributed by atoms with van der Waals surface area (Å²) in [5, 5.41) is 2.49. The van der Waals surface area contributed by atoms with Gasteiger partial charge >= 0.3 is 6.18 Å². The van der Waals surface area contributed by atoms with Crippen molar-refractivity contribution in [3.8, 4) is 0 Å². The van der Waals surface area contributed by atoms with E-state index in [4.69, 9.17) is 0 Å². The van der Waals surface area contributed by atoms with Crippen molar-refractivity contribution in [3.63, 3.8) is 0 Å². The van der Waals surface area contributed by atoms with Crippen LogP contribution in [0.15, 0.2) is 0 Å². The fourth-order valence-electron chi connectivity index (χ4n) is 2.09. The van der Waals surface area contributed by atoms with Crippen LogP contribution in [0.5, 0.6) is 0 Å². The lowest BCUT2D eigenvalue weighted by atomic mass is 9.89. The molecule has 1 nitrogen and oxygen atoms in total. The number of hydrogen-bond acceptors (Lipinski definition) is 1. The lowest BCUT2D eigenvalue weighted by molar-refractivity contribution is -0.125. The van der Waals surface area contributed by atoms with Gasteiger partial charge in [0.2, 0.25) is 0 Å². The number of unbranched alkanes of at least 4 members (excludes halogenated alkanes) is 1. The predicted molar refractivity (Wildman–Crippen MR) is 66.0 cm³/mol. The molecule has 4 heteroatoms. The summed E-state index contributed by atoms with van der Waals surface area (Å²) in [4.78, 5) is 0. The average Bonchev–Trinajstić information content (AvgIpc) is 2.22. The molecule has 17 heavy (non-hydrogen) atoms. The zero-order valence-corrected chi connectivity index (χ0v) is 11.2. The highest BCUT2D eigenvalue weighted by Gasteiger charge is 2.26. The lowest BCUT2D eigenvalue weighted by Crippen LogP contribution is -2.32. The van der Waals surface area contributed by atoms with E-state index in [1.807, 2.05) is 6.92 Å². The van der Waals surface area contributed by atoms with Crippen LogP contribution in [0.25, 0.3) is 0 Å². The molecule has 0 radical (unpaired) electrons. The Kier molecular flexibility index (Phi) is 8.66. The lowest BCUT2D eigenvalue weighted by Gasteiger charge is -2.20. The second kappa shape index (κ2) is 8.78. The van der Waals surface area contributed by atoms with Gasteiger partial charge in [0, 0.05) is 0 Å². The average molecular weight is 253 g/mol. The van der Waals surface area contributed by atoms with Crippen LogP contribution in [0.4, 0.5) is 13.2 Å². The standard InChI is InChI=1S/C13H26F3N/c1-4-6-7-12(5-2)8-11(3)9-17-10-13(14,15)16/h11-12,17H,4-10H2,1-3H3. The molecule has 0 aliphatic heterocycles. The predicted octanol–water partition coefficient (Wildman–Crippen LogP) is 4.38. The molecule has 0 aromatic heterocycles. The number of halogens is 3. The van der Waals surface area contributed by atoms with Gasteiger partial charge in [0.05, 0.1) is 6.54 Å². The maximum Gasteiger partial charge on any atom is 0.401 e. The van der Waals surface area contributed by atoms with Crippen molar-refractivity contribution in [2.45, 2.75) is 59.1 Å². The van der Waals surface area contributed by atoms with Crippen LogP contribution in [0, 0.1) is 11.8 Å². The minimum atomic E-state index is -4.09. The number of hydrogen-bond donors (Lipinski definition) is 1. The monoisotopic (exact) mass is 253 g/mol. The Morgan fingerprint density at radius 1 is 1.18 bits per heavy atom. The first kappa shape index (κ1) is 16.8. The second-order valence-corrected chi connectivity index (χ2v) is 5.00. The van der Waals surface area contributed by atoms with E-state index in [1.165, 1.54) is 19.3 Å². The van der Waals surface area contributed by atoms with E-state index in [9.17, 15) is 13.2 Å². The van der Waals surface area contributed by atoms with E-state index >= 15 is 0 Å². The van der Waals surface area contributed by atoms with Crippen molar-refractivity contribution in [1.82, 2.24) is 5.32 Å². The van der Waals surface area contributed by atoms with Crippen molar-refractivity contribution in [2.24, 2.45) is 11.8 Å². The van der Waals surface area contributed by atoms with Crippen molar-refractivity contribution < 1.29 is 13.2 Å². The summed E-state index contributed by atoms with van der Waals surface area (Å²) in [7, 11) is 0. The molecule has 104 valence electrons. The van der Waals surface area contributed by atoms with Crippen LogP contribution in [0.3, 0.4) is 0 Å². The van der Waals surface area contributed by atoms with Gasteiger partial charge in [-0.2, -0.15) is 13.2 Å². The number of alkyl halides is 3. The zero-order valence-electron chi connectivity index (χ0n) is 11.2. The Morgan fingerprint density at radius 3 is 2.29 bits per heavy atom. The largest absolute Gasteiger partial charge is 0.401 e. The van der Waals surface area contributed by atoms with E-state index < -0.39 is 12.7 Å². The number of nitrogens with one attached hydrogen (secondary N) is 1. The summed E-state index contributed by atoms with van der Waals surface area (Å²) in [5.41, 5.74) is 0. The van der Waals surface area contributed by atoms with Gasteiger partial charge in [-0.15, -0.1) is 0 Å². The van der Waals surface area contributed by atoms with E-state index in [2.05, 4.69) is 19.2 Å². The molecule has 0 bridgehead atoms. The van der Waals surface area contributed by atoms with Gasteiger partial charge in [-0.1, -0.05) is 46.5 Å². The highest BCUT2D eigenvalue weighted by molar-refractivity contribution is 4.66. The minimum absolute atomic E-state index is 0.319. The molecule has 0 aromatic carbocycles. The summed E-state index contributed by atoms with van der Waals surface area (Å²) in [6.45, 7) is 5.94. The van der Waals surface area contributed by atoms with Crippen molar-refractivity contribution in [2.75, 3.05) is 13.1 Å². The Balaban J connectivity index is 3.71. The third-order valence-corrected chi connectivity index (χ3v) is 3.10. The summed E-state index contributed by atoms with van der Waals surface area (Å²) in [6.07, 6.45) is 1.69. The van der Waals surface area contributed by atoms with Gasteiger partial charge in [-0.25, -0.2) is 0 Å². The quantitative estimate of drug-likeness (QED) is 0.643. The highest BCUT2D eigenvalue weighted by Crippen LogP contribution is 2.21. The van der Waals surface area contributed by atoms with Gasteiger partial charge < -0.3 is 5.32 Å². The van der Waals surface area contributed by atoms with Crippen LogP contribution in [0.1, 0.15) is 52.9 Å². The molecular weight excluding hydrogens is 227 g/mol. The normalized spacial score (nSPS) is 15.9. The molecule has 0 rings (SSSR count). The summed E-state index contributed by atoms with van der Waals surface area (Å²) >= 11 is 0. The molecule has 0 saturated heterocycles. The van der Waals surface area contributed by atoms with Crippen LogP contribution in [0.2, 0.25) is 0 Å². The van der Waals surface area contributed by atoms with E-state index in [0.29, 0.717) is 18.4 Å². The number of rotatable bonds is 9. The van der Waals surface area contributed by atoms with Crippen molar-refractivity contribution in [1.29, 1.82) is 0 Å². The molecule has 0 aromatic rings. The molecule has 0 saturated carbocycles. The Bertz CT molecular complexity index is 180. The molecule has 0 aliphatic rings. The summed E-state index contributed by atoms with van der Waals surface area (Å²) in [6, 6.07) is 0. The molecule has 0 fully saturated rings. The highest BCUT2D eigenvalue weighted by atomic mass is 19.4. The van der Waals surface area contributed by atoms with Crippen LogP contribution >= 0.6 is 0 Å². The maximum absolute atomic E-state index is 11.9. The third-order valence-electron chi connectivity index (χ3n) is 3.10. The topological polar surface area (TPSA) is 12.0 Å². The SMILES string of the molecule is CCCCC(CC)CC(C)CNCC(F)(F)F. The fraction of sp³-hybridized carbons (Fsp3) is 1.00. The van der Waals surface area contributed by atoms with Crippen LogP contribution < -0.4 is 5.32 Å². The Hall–Kier alpha value is -0.250. The molecule has 2 unspecified atom stereocenters. The fourth-order valence-corrected chi connectivity index (χ4v) is 2.09. The smallest absolute Gasteiger partial charge is 0.308 e. The molecule has 0 spiro atoms. The van der Waals surface area contributed by atoms with Gasteiger partial charge in [0.15, 0.2) is 0 Å². The molecule has 0 heterocycles. The molecule has 2 atom stereocenters. The molecule has 1 N–H and O–H groups in total. The van der Waals surface area contributed by atoms with E-state index in [0.717, 1.165) is 12.8 Å². The first-order chi connectivity index (χ1) is 7.89. The van der Waals surface area contributed by atoms with Crippen LogP contribution in [-0.4, -0.2) is 19.3 Å². The molecule has 0 aliphatic carbocycles. The summed E-state index contributed by atoms with van der Waals surface area (Å²) < 4.78 is 35.8.